The van der Waals surface area contributed by atoms with Crippen LogP contribution < -0.4 is 5.73 Å². The largest absolute Gasteiger partial charge is 0.398 e. The summed E-state index contributed by atoms with van der Waals surface area (Å²) < 4.78 is 0. The van der Waals surface area contributed by atoms with E-state index in [0.717, 1.165) is 23.2 Å². The van der Waals surface area contributed by atoms with Crippen LogP contribution in [0, 0.1) is 0 Å². The first-order chi connectivity index (χ1) is 14.1. The standard InChI is InChI=1S/C28H25N/c1-3-28(2)24-17-11-10-16-21(24)23-18-22(19-12-6-4-7-13-19)27(29)25(26(23)28)20-14-8-5-9-15-20/h4-18H,3,29H2,1-2H3. The predicted molar refractivity (Wildman–Crippen MR) is 124 cm³/mol. The molecule has 0 spiro atoms. The molecule has 0 heterocycles. The van der Waals surface area contributed by atoms with Gasteiger partial charge in [-0.25, -0.2) is 0 Å². The molecule has 0 aromatic heterocycles. The Bertz CT molecular complexity index is 1190. The number of nitrogens with two attached hydrogens (primary N) is 1. The van der Waals surface area contributed by atoms with Crippen molar-refractivity contribution in [1.29, 1.82) is 0 Å². The van der Waals surface area contributed by atoms with E-state index in [9.17, 15) is 0 Å². The zero-order valence-corrected chi connectivity index (χ0v) is 16.9. The van der Waals surface area contributed by atoms with Gasteiger partial charge in [0, 0.05) is 22.2 Å². The van der Waals surface area contributed by atoms with Gasteiger partial charge in [-0.05, 0) is 45.9 Å². The van der Waals surface area contributed by atoms with E-state index in [1.165, 1.54) is 33.4 Å². The summed E-state index contributed by atoms with van der Waals surface area (Å²) >= 11 is 0. The second-order valence-electron chi connectivity index (χ2n) is 8.10. The fourth-order valence-electron chi connectivity index (χ4n) is 4.95. The van der Waals surface area contributed by atoms with E-state index in [1.54, 1.807) is 0 Å². The fraction of sp³-hybridized carbons (Fsp3) is 0.143. The van der Waals surface area contributed by atoms with Crippen molar-refractivity contribution in [2.45, 2.75) is 25.7 Å². The monoisotopic (exact) mass is 375 g/mol. The van der Waals surface area contributed by atoms with Crippen LogP contribution in [0.15, 0.2) is 91.0 Å². The molecule has 4 aromatic carbocycles. The lowest BCUT2D eigenvalue weighted by molar-refractivity contribution is 0.566. The van der Waals surface area contributed by atoms with Crippen molar-refractivity contribution >= 4 is 5.69 Å². The first-order valence-corrected chi connectivity index (χ1v) is 10.3. The Morgan fingerprint density at radius 1 is 0.690 bits per heavy atom. The number of benzene rings is 4. The van der Waals surface area contributed by atoms with Crippen molar-refractivity contribution in [3.8, 4) is 33.4 Å². The van der Waals surface area contributed by atoms with Gasteiger partial charge in [0.1, 0.15) is 0 Å². The molecule has 4 aromatic rings. The van der Waals surface area contributed by atoms with Crippen molar-refractivity contribution in [3.63, 3.8) is 0 Å². The van der Waals surface area contributed by atoms with Crippen LogP contribution in [0.4, 0.5) is 5.69 Å². The molecule has 1 atom stereocenters. The minimum Gasteiger partial charge on any atom is -0.398 e. The maximum atomic E-state index is 6.93. The third-order valence-electron chi connectivity index (χ3n) is 6.59. The highest BCUT2D eigenvalue weighted by molar-refractivity contribution is 6.00. The number of hydrogen-bond donors (Lipinski definition) is 1. The third-order valence-corrected chi connectivity index (χ3v) is 6.59. The molecule has 0 radical (unpaired) electrons. The molecule has 1 unspecified atom stereocenters. The number of rotatable bonds is 3. The number of nitrogen functional groups attached to an aromatic ring is 1. The molecule has 0 saturated heterocycles. The summed E-state index contributed by atoms with van der Waals surface area (Å²) in [5.74, 6) is 0. The normalized spacial score (nSPS) is 17.0. The first-order valence-electron chi connectivity index (χ1n) is 10.3. The second-order valence-corrected chi connectivity index (χ2v) is 8.10. The summed E-state index contributed by atoms with van der Waals surface area (Å²) in [6.07, 6.45) is 1.03. The molecular formula is C28H25N. The van der Waals surface area contributed by atoms with Crippen molar-refractivity contribution in [2.75, 3.05) is 5.73 Å². The van der Waals surface area contributed by atoms with Crippen LogP contribution >= 0.6 is 0 Å². The molecule has 0 amide bonds. The zero-order chi connectivity index (χ0) is 20.0. The van der Waals surface area contributed by atoms with Gasteiger partial charge in [0.25, 0.3) is 0 Å². The molecule has 0 bridgehead atoms. The zero-order valence-electron chi connectivity index (χ0n) is 16.9. The van der Waals surface area contributed by atoms with Crippen LogP contribution in [-0.2, 0) is 5.41 Å². The van der Waals surface area contributed by atoms with Crippen molar-refractivity contribution < 1.29 is 0 Å². The molecule has 0 fully saturated rings. The fourth-order valence-corrected chi connectivity index (χ4v) is 4.95. The topological polar surface area (TPSA) is 26.0 Å². The van der Waals surface area contributed by atoms with Crippen LogP contribution in [-0.4, -0.2) is 0 Å². The van der Waals surface area contributed by atoms with Crippen LogP contribution in [0.5, 0.6) is 0 Å². The van der Waals surface area contributed by atoms with Gasteiger partial charge < -0.3 is 5.73 Å². The first kappa shape index (κ1) is 17.8. The summed E-state index contributed by atoms with van der Waals surface area (Å²) in [7, 11) is 0. The smallest absolute Gasteiger partial charge is 0.0476 e. The highest BCUT2D eigenvalue weighted by Crippen LogP contribution is 2.56. The molecule has 1 heteroatoms. The molecule has 29 heavy (non-hydrogen) atoms. The summed E-state index contributed by atoms with van der Waals surface area (Å²) in [6, 6.07) is 32.3. The second kappa shape index (κ2) is 6.63. The van der Waals surface area contributed by atoms with Crippen molar-refractivity contribution in [2.24, 2.45) is 0 Å². The van der Waals surface area contributed by atoms with E-state index in [0.29, 0.717) is 0 Å². The highest BCUT2D eigenvalue weighted by atomic mass is 14.6. The van der Waals surface area contributed by atoms with Gasteiger partial charge in [-0.15, -0.1) is 0 Å². The molecule has 2 N–H and O–H groups in total. The van der Waals surface area contributed by atoms with Gasteiger partial charge in [0.15, 0.2) is 0 Å². The molecule has 142 valence electrons. The average Bonchev–Trinajstić information content (AvgIpc) is 3.03. The maximum absolute atomic E-state index is 6.93. The molecule has 1 aliphatic rings. The average molecular weight is 376 g/mol. The summed E-state index contributed by atoms with van der Waals surface area (Å²) in [5, 5.41) is 0. The number of anilines is 1. The van der Waals surface area contributed by atoms with Crippen LogP contribution in [0.3, 0.4) is 0 Å². The Morgan fingerprint density at radius 3 is 1.93 bits per heavy atom. The van der Waals surface area contributed by atoms with Gasteiger partial charge in [-0.2, -0.15) is 0 Å². The highest BCUT2D eigenvalue weighted by Gasteiger charge is 2.41. The van der Waals surface area contributed by atoms with E-state index >= 15 is 0 Å². The lowest BCUT2D eigenvalue weighted by atomic mass is 9.74. The predicted octanol–water partition coefficient (Wildman–Crippen LogP) is 7.30. The molecule has 1 nitrogen and oxygen atoms in total. The van der Waals surface area contributed by atoms with E-state index in [1.807, 2.05) is 0 Å². The Labute approximate surface area is 172 Å². The molecule has 1 aliphatic carbocycles. The van der Waals surface area contributed by atoms with Crippen molar-refractivity contribution in [3.05, 3.63) is 102 Å². The molecular weight excluding hydrogens is 350 g/mol. The lowest BCUT2D eigenvalue weighted by Gasteiger charge is -2.29. The van der Waals surface area contributed by atoms with Gasteiger partial charge in [-0.3, -0.25) is 0 Å². The number of fused-ring (bicyclic) bond motifs is 3. The van der Waals surface area contributed by atoms with Crippen molar-refractivity contribution in [1.82, 2.24) is 0 Å². The van der Waals surface area contributed by atoms with Gasteiger partial charge in [0.05, 0.1) is 0 Å². The summed E-state index contributed by atoms with van der Waals surface area (Å²) in [5.41, 5.74) is 17.8. The van der Waals surface area contributed by atoms with Gasteiger partial charge in [-0.1, -0.05) is 98.8 Å². The van der Waals surface area contributed by atoms with Crippen LogP contribution in [0.1, 0.15) is 31.4 Å². The number of hydrogen-bond acceptors (Lipinski definition) is 1. The van der Waals surface area contributed by atoms with E-state index in [4.69, 9.17) is 5.73 Å². The SMILES string of the molecule is CCC1(C)c2ccccc2-c2cc(-c3ccccc3)c(N)c(-c3ccccc3)c21. The minimum atomic E-state index is -0.0551. The maximum Gasteiger partial charge on any atom is 0.0476 e. The lowest BCUT2D eigenvalue weighted by Crippen LogP contribution is -2.21. The van der Waals surface area contributed by atoms with E-state index in [2.05, 4.69) is 105 Å². The van der Waals surface area contributed by atoms with E-state index in [-0.39, 0.29) is 5.41 Å². The Morgan fingerprint density at radius 2 is 1.28 bits per heavy atom. The molecule has 0 aliphatic heterocycles. The Kier molecular flexibility index (Phi) is 4.06. The Balaban J connectivity index is 1.93. The quantitative estimate of drug-likeness (QED) is 0.374. The minimum absolute atomic E-state index is 0.0551. The third kappa shape index (κ3) is 2.54. The van der Waals surface area contributed by atoms with Crippen LogP contribution in [0.25, 0.3) is 33.4 Å². The molecule has 0 saturated carbocycles. The van der Waals surface area contributed by atoms with Crippen LogP contribution in [0.2, 0.25) is 0 Å². The molecule has 5 rings (SSSR count). The van der Waals surface area contributed by atoms with Gasteiger partial charge >= 0.3 is 0 Å². The van der Waals surface area contributed by atoms with Gasteiger partial charge in [0.2, 0.25) is 0 Å². The van der Waals surface area contributed by atoms with E-state index < -0.39 is 0 Å². The summed E-state index contributed by atoms with van der Waals surface area (Å²) in [4.78, 5) is 0. The summed E-state index contributed by atoms with van der Waals surface area (Å²) in [6.45, 7) is 4.65. The Hall–Kier alpha value is -3.32.